The van der Waals surface area contributed by atoms with Crippen molar-refractivity contribution in [3.63, 3.8) is 0 Å². The van der Waals surface area contributed by atoms with Crippen molar-refractivity contribution in [1.29, 1.82) is 0 Å². The van der Waals surface area contributed by atoms with E-state index >= 15 is 0 Å². The molecule has 0 bridgehead atoms. The van der Waals surface area contributed by atoms with E-state index in [2.05, 4.69) is 27.3 Å². The van der Waals surface area contributed by atoms with Crippen LogP contribution in [0.4, 0.5) is 4.79 Å². The molecule has 2 aliphatic carbocycles. The van der Waals surface area contributed by atoms with Crippen molar-refractivity contribution in [1.82, 2.24) is 30.6 Å². The molecule has 5 amide bonds. The Labute approximate surface area is 356 Å². The van der Waals surface area contributed by atoms with Crippen LogP contribution < -0.4 is 30.1 Å². The number of aromatic nitrogens is 1. The molecule has 7 rings (SSSR count). The van der Waals surface area contributed by atoms with Crippen LogP contribution in [0.3, 0.4) is 0 Å². The van der Waals surface area contributed by atoms with Crippen molar-refractivity contribution in [2.24, 2.45) is 11.3 Å². The third-order valence-electron chi connectivity index (χ3n) is 11.9. The summed E-state index contributed by atoms with van der Waals surface area (Å²) in [7, 11) is -2.59. The average molecular weight is 851 g/mol. The van der Waals surface area contributed by atoms with Crippen LogP contribution in [0.25, 0.3) is 22.2 Å². The van der Waals surface area contributed by atoms with Gasteiger partial charge in [0, 0.05) is 42.0 Å². The maximum Gasteiger partial charge on any atom is 0.315 e. The van der Waals surface area contributed by atoms with E-state index in [1.54, 1.807) is 26.2 Å². The van der Waals surface area contributed by atoms with Crippen LogP contribution in [0.5, 0.6) is 11.5 Å². The number of urea groups is 1. The van der Waals surface area contributed by atoms with E-state index in [1.165, 1.54) is 11.0 Å². The molecule has 61 heavy (non-hydrogen) atoms. The van der Waals surface area contributed by atoms with Crippen LogP contribution in [0, 0.1) is 11.3 Å². The Balaban J connectivity index is 1.19. The maximum atomic E-state index is 14.7. The highest BCUT2D eigenvalue weighted by atomic mass is 32.2. The summed E-state index contributed by atoms with van der Waals surface area (Å²) in [6.07, 6.45) is 1.95. The number of nitrogens with zero attached hydrogens (tertiary/aromatic N) is 2. The predicted octanol–water partition coefficient (Wildman–Crippen LogP) is 5.27. The normalized spacial score (nSPS) is 22.0. The zero-order chi connectivity index (χ0) is 43.7. The summed E-state index contributed by atoms with van der Waals surface area (Å²) in [5.74, 6) is -1.53. The smallest absolute Gasteiger partial charge is 0.315 e. The van der Waals surface area contributed by atoms with Gasteiger partial charge in [-0.05, 0) is 55.7 Å². The second-order valence-corrected chi connectivity index (χ2v) is 19.4. The molecular weight excluding hydrogens is 797 g/mol. The molecule has 5 atom stereocenters. The number of hydrogen-bond donors (Lipinski definition) is 4. The lowest BCUT2D eigenvalue weighted by atomic mass is 9.85. The Morgan fingerprint density at radius 1 is 1.00 bits per heavy atom. The van der Waals surface area contributed by atoms with Crippen molar-refractivity contribution in [3.8, 4) is 22.8 Å². The van der Waals surface area contributed by atoms with Gasteiger partial charge in [0.05, 0.1) is 29.6 Å². The molecule has 1 saturated heterocycles. The first-order valence-electron chi connectivity index (χ1n) is 20.6. The van der Waals surface area contributed by atoms with Gasteiger partial charge in [-0.3, -0.25) is 19.1 Å². The molecule has 0 radical (unpaired) electrons. The van der Waals surface area contributed by atoms with Gasteiger partial charge in [-0.2, -0.15) is 0 Å². The minimum absolute atomic E-state index is 0.0190. The monoisotopic (exact) mass is 850 g/mol. The van der Waals surface area contributed by atoms with Crippen LogP contribution in [0.2, 0.25) is 0 Å². The molecule has 4 aromatic rings. The highest BCUT2D eigenvalue weighted by molar-refractivity contribution is 7.91. The standard InChI is InChI=1S/C46H54N6O8S/c1-7-31-27-46(31,42(55)51-61(57,58)45(21-22-45)26-29-15-11-9-12-16-29)50-40(53)37-24-33(28-52(37)41(54)39(44(3,4)5)49-43(56)47-8-2)60-38-25-35(30-17-13-10-14-18-30)48-36-23-32(59-6)19-20-34(36)38/h7,9-20,23,25,31,33,37,39H,1,8,21-22,24,26-28H2,2-6H3,(H,50,53)(H,51,55)(H2,47,49,56)/t31-,33+,37-,39+,46-/m0/s1. The number of pyridine rings is 1. The van der Waals surface area contributed by atoms with Gasteiger partial charge in [0.15, 0.2) is 0 Å². The van der Waals surface area contributed by atoms with Crippen molar-refractivity contribution >= 4 is 44.7 Å². The number of sulfonamides is 1. The van der Waals surface area contributed by atoms with Gasteiger partial charge < -0.3 is 30.3 Å². The number of likely N-dealkylation sites (tertiary alicyclic amines) is 1. The minimum atomic E-state index is -4.16. The number of rotatable bonds is 15. The molecule has 4 N–H and O–H groups in total. The third kappa shape index (κ3) is 8.93. The van der Waals surface area contributed by atoms with E-state index < -0.39 is 73.6 Å². The molecule has 2 heterocycles. The fraction of sp³-hybridized carbons (Fsp3) is 0.413. The van der Waals surface area contributed by atoms with Crippen LogP contribution in [-0.4, -0.2) is 90.7 Å². The molecule has 14 nitrogen and oxygen atoms in total. The molecular formula is C46H54N6O8S. The summed E-state index contributed by atoms with van der Waals surface area (Å²) >= 11 is 0. The summed E-state index contributed by atoms with van der Waals surface area (Å²) in [6, 6.07) is 23.3. The number of methoxy groups -OCH3 is 1. The average Bonchev–Trinajstić information content (AvgIpc) is 4.14. The number of nitrogens with one attached hydrogen (secondary N) is 4. The molecule has 3 aliphatic rings. The van der Waals surface area contributed by atoms with Crippen LogP contribution >= 0.6 is 0 Å². The van der Waals surface area contributed by atoms with E-state index in [-0.39, 0.29) is 25.8 Å². The molecule has 3 fully saturated rings. The molecule has 0 unspecified atom stereocenters. The lowest BCUT2D eigenvalue weighted by Gasteiger charge is -2.35. The summed E-state index contributed by atoms with van der Waals surface area (Å²) in [5.41, 5.74) is 0.533. The molecule has 2 saturated carbocycles. The number of carbonyl (C=O) groups excluding carboxylic acids is 4. The van der Waals surface area contributed by atoms with Gasteiger partial charge in [-0.15, -0.1) is 6.58 Å². The quantitative estimate of drug-likeness (QED) is 0.116. The highest BCUT2D eigenvalue weighted by Gasteiger charge is 2.63. The van der Waals surface area contributed by atoms with Gasteiger partial charge in [0.2, 0.25) is 21.8 Å². The van der Waals surface area contributed by atoms with Crippen LogP contribution in [0.1, 0.15) is 58.9 Å². The SMILES string of the molecule is C=C[C@H]1C[C@@]1(NC(=O)[C@@H]1C[C@@H](Oc2cc(-c3ccccc3)nc3cc(OC)ccc23)CN1C(=O)[C@@H](NC(=O)NCC)C(C)(C)C)C(=O)NS(=O)(=O)C1(Cc2ccccc2)CC1. The zero-order valence-corrected chi connectivity index (χ0v) is 36.0. The summed E-state index contributed by atoms with van der Waals surface area (Å²) < 4.78 is 41.1. The van der Waals surface area contributed by atoms with E-state index in [1.807, 2.05) is 93.6 Å². The van der Waals surface area contributed by atoms with Gasteiger partial charge in [0.25, 0.3) is 5.91 Å². The number of fused-ring (bicyclic) bond motifs is 1. The molecule has 3 aromatic carbocycles. The Morgan fingerprint density at radius 3 is 2.30 bits per heavy atom. The number of carbonyl (C=O) groups is 4. The van der Waals surface area contributed by atoms with Crippen molar-refractivity contribution < 1.29 is 37.1 Å². The van der Waals surface area contributed by atoms with Gasteiger partial charge in [-0.25, -0.2) is 18.2 Å². The van der Waals surface area contributed by atoms with E-state index in [0.717, 1.165) is 11.1 Å². The fourth-order valence-electron chi connectivity index (χ4n) is 8.18. The second-order valence-electron chi connectivity index (χ2n) is 17.3. The van der Waals surface area contributed by atoms with Gasteiger partial charge in [-0.1, -0.05) is 87.5 Å². The first-order chi connectivity index (χ1) is 29.0. The van der Waals surface area contributed by atoms with E-state index in [4.69, 9.17) is 14.5 Å². The van der Waals surface area contributed by atoms with Gasteiger partial charge in [0.1, 0.15) is 35.2 Å². The topological polar surface area (TPSA) is 185 Å². The zero-order valence-electron chi connectivity index (χ0n) is 35.2. The summed E-state index contributed by atoms with van der Waals surface area (Å²) in [6.45, 7) is 11.3. The summed E-state index contributed by atoms with van der Waals surface area (Å²) in [4.78, 5) is 62.7. The first kappa shape index (κ1) is 43.1. The third-order valence-corrected chi connectivity index (χ3v) is 14.1. The largest absolute Gasteiger partial charge is 0.497 e. The summed E-state index contributed by atoms with van der Waals surface area (Å²) in [5, 5.41) is 9.04. The predicted molar refractivity (Wildman–Crippen MR) is 232 cm³/mol. The lowest BCUT2D eigenvalue weighted by Crippen LogP contribution is -2.61. The van der Waals surface area contributed by atoms with E-state index in [9.17, 15) is 27.6 Å². The number of hydrogen-bond acceptors (Lipinski definition) is 9. The Hall–Kier alpha value is -5.96. The molecule has 1 aliphatic heterocycles. The maximum absolute atomic E-state index is 14.7. The van der Waals surface area contributed by atoms with E-state index in [0.29, 0.717) is 47.5 Å². The fourth-order valence-corrected chi connectivity index (χ4v) is 9.81. The molecule has 1 aromatic heterocycles. The Morgan fingerprint density at radius 2 is 1.69 bits per heavy atom. The van der Waals surface area contributed by atoms with Crippen LogP contribution in [-0.2, 0) is 30.8 Å². The van der Waals surface area contributed by atoms with Crippen molar-refractivity contribution in [2.75, 3.05) is 20.2 Å². The second kappa shape index (κ2) is 16.8. The van der Waals surface area contributed by atoms with Gasteiger partial charge >= 0.3 is 6.03 Å². The number of ether oxygens (including phenoxy) is 2. The highest BCUT2D eigenvalue weighted by Crippen LogP contribution is 2.49. The molecule has 0 spiro atoms. The Kier molecular flexibility index (Phi) is 11.9. The number of benzene rings is 3. The Bertz CT molecular complexity index is 2440. The van der Waals surface area contributed by atoms with Crippen LogP contribution in [0.15, 0.2) is 97.6 Å². The van der Waals surface area contributed by atoms with Crippen molar-refractivity contribution in [2.45, 2.75) is 88.3 Å². The number of amides is 5. The first-order valence-corrected chi connectivity index (χ1v) is 22.1. The van der Waals surface area contributed by atoms with Crippen molar-refractivity contribution in [3.05, 3.63) is 103 Å². The lowest BCUT2D eigenvalue weighted by molar-refractivity contribution is -0.142. The molecule has 15 heteroatoms. The minimum Gasteiger partial charge on any atom is -0.497 e. The molecule has 322 valence electrons.